The van der Waals surface area contributed by atoms with Gasteiger partial charge in [-0.1, -0.05) is 55.8 Å². The molecular formula is C26H26ClN3O4. The van der Waals surface area contributed by atoms with Crippen LogP contribution in [-0.4, -0.2) is 29.0 Å². The Balaban J connectivity index is 1.57. The first-order chi connectivity index (χ1) is 16.3. The second-order valence-electron chi connectivity index (χ2n) is 8.84. The van der Waals surface area contributed by atoms with Crippen LogP contribution in [0.3, 0.4) is 0 Å². The van der Waals surface area contributed by atoms with E-state index in [0.29, 0.717) is 17.9 Å². The second kappa shape index (κ2) is 9.81. The molecule has 34 heavy (non-hydrogen) atoms. The summed E-state index contributed by atoms with van der Waals surface area (Å²) in [5, 5.41) is 3.28. The number of carbonyl (C=O) groups is 2. The van der Waals surface area contributed by atoms with E-state index in [1.165, 1.54) is 19.5 Å². The molecule has 1 aliphatic carbocycles. The maximum Gasteiger partial charge on any atom is 0.309 e. The lowest BCUT2D eigenvalue weighted by molar-refractivity contribution is -0.166. The number of carbonyl (C=O) groups excluding carboxylic acids is 2. The maximum atomic E-state index is 13.3. The number of ether oxygens (including phenoxy) is 2. The highest BCUT2D eigenvalue weighted by Gasteiger charge is 2.55. The first-order valence-corrected chi connectivity index (χ1v) is 11.4. The molecule has 1 fully saturated rings. The number of rotatable bonds is 7. The number of halogens is 1. The Hall–Kier alpha value is -3.45. The average Bonchev–Trinajstić information content (AvgIpc) is 2.83. The van der Waals surface area contributed by atoms with Crippen LogP contribution in [0.15, 0.2) is 67.0 Å². The summed E-state index contributed by atoms with van der Waals surface area (Å²) in [4.78, 5) is 33.8. The van der Waals surface area contributed by atoms with E-state index in [0.717, 1.165) is 11.3 Å². The van der Waals surface area contributed by atoms with Crippen molar-refractivity contribution in [2.45, 2.75) is 26.3 Å². The Labute approximate surface area is 203 Å². The van der Waals surface area contributed by atoms with Gasteiger partial charge in [-0.05, 0) is 41.7 Å². The summed E-state index contributed by atoms with van der Waals surface area (Å²) in [5.41, 5.74) is 0.690. The van der Waals surface area contributed by atoms with Crippen molar-refractivity contribution in [3.05, 3.63) is 83.4 Å². The van der Waals surface area contributed by atoms with E-state index in [4.69, 9.17) is 21.1 Å². The predicted octanol–water partition coefficient (Wildman–Crippen LogP) is 4.96. The van der Waals surface area contributed by atoms with Gasteiger partial charge in [0.25, 0.3) is 0 Å². The fraction of sp³-hybridized carbons (Fsp3) is 0.308. The molecule has 0 spiro atoms. The van der Waals surface area contributed by atoms with E-state index in [-0.39, 0.29) is 28.9 Å². The summed E-state index contributed by atoms with van der Waals surface area (Å²) < 4.78 is 10.8. The first-order valence-electron chi connectivity index (χ1n) is 11.0. The SMILES string of the molecule is COC(=O)[C@@H]1C[C@@H](C(=O)N[C@H](c2ccc(Oc3ccccc3)cc2)c2nccnc2Cl)C1(C)C. The number of amides is 1. The van der Waals surface area contributed by atoms with Crippen molar-refractivity contribution in [2.24, 2.45) is 17.3 Å². The van der Waals surface area contributed by atoms with Crippen molar-refractivity contribution < 1.29 is 19.1 Å². The molecule has 176 valence electrons. The molecule has 0 saturated heterocycles. The third-order valence-corrected chi connectivity index (χ3v) is 6.79. The third kappa shape index (κ3) is 4.75. The predicted molar refractivity (Wildman–Crippen MR) is 127 cm³/mol. The van der Waals surface area contributed by atoms with Gasteiger partial charge < -0.3 is 14.8 Å². The minimum atomic E-state index is -0.618. The minimum Gasteiger partial charge on any atom is -0.469 e. The number of nitrogens with zero attached hydrogens (tertiary/aromatic N) is 2. The monoisotopic (exact) mass is 479 g/mol. The largest absolute Gasteiger partial charge is 0.469 e. The number of methoxy groups -OCH3 is 1. The highest BCUT2D eigenvalue weighted by atomic mass is 35.5. The Bertz CT molecular complexity index is 1170. The zero-order chi connectivity index (χ0) is 24.3. The van der Waals surface area contributed by atoms with Gasteiger partial charge in [-0.2, -0.15) is 0 Å². The van der Waals surface area contributed by atoms with E-state index >= 15 is 0 Å². The molecule has 0 aliphatic heterocycles. The van der Waals surface area contributed by atoms with E-state index in [9.17, 15) is 9.59 Å². The number of para-hydroxylation sites is 1. The number of hydrogen-bond donors (Lipinski definition) is 1. The molecule has 1 heterocycles. The Kier molecular flexibility index (Phi) is 6.84. The molecule has 3 atom stereocenters. The molecule has 7 nitrogen and oxygen atoms in total. The van der Waals surface area contributed by atoms with Crippen molar-refractivity contribution in [1.82, 2.24) is 15.3 Å². The molecule has 0 bridgehead atoms. The van der Waals surface area contributed by atoms with Crippen molar-refractivity contribution in [2.75, 3.05) is 7.11 Å². The number of hydrogen-bond acceptors (Lipinski definition) is 6. The molecule has 8 heteroatoms. The van der Waals surface area contributed by atoms with Crippen molar-refractivity contribution in [3.8, 4) is 11.5 Å². The van der Waals surface area contributed by atoms with Crippen molar-refractivity contribution in [1.29, 1.82) is 0 Å². The molecule has 3 aromatic rings. The Morgan fingerprint density at radius 1 is 1.00 bits per heavy atom. The fourth-order valence-electron chi connectivity index (χ4n) is 4.34. The summed E-state index contributed by atoms with van der Waals surface area (Å²) in [6.45, 7) is 3.81. The summed E-state index contributed by atoms with van der Waals surface area (Å²) in [5.74, 6) is 0.241. The smallest absolute Gasteiger partial charge is 0.309 e. The van der Waals surface area contributed by atoms with Crippen LogP contribution < -0.4 is 10.1 Å². The van der Waals surface area contributed by atoms with E-state index < -0.39 is 11.5 Å². The van der Waals surface area contributed by atoms with Gasteiger partial charge in [-0.25, -0.2) is 4.98 Å². The molecule has 0 unspecified atom stereocenters. The van der Waals surface area contributed by atoms with Crippen LogP contribution in [0.4, 0.5) is 0 Å². The Morgan fingerprint density at radius 2 is 1.65 bits per heavy atom. The van der Waals surface area contributed by atoms with Crippen LogP contribution in [0.25, 0.3) is 0 Å². The van der Waals surface area contributed by atoms with E-state index in [1.807, 2.05) is 68.4 Å². The van der Waals surface area contributed by atoms with Gasteiger partial charge in [0.2, 0.25) is 5.91 Å². The van der Waals surface area contributed by atoms with Crippen LogP contribution in [0.1, 0.15) is 37.6 Å². The summed E-state index contributed by atoms with van der Waals surface area (Å²) in [6, 6.07) is 16.2. The standard InChI is InChI=1S/C26H26ClN3O4/c1-26(2)19(15-20(26)25(32)33-3)24(31)30-21(22-23(27)29-14-13-28-22)16-9-11-18(12-10-16)34-17-7-5-4-6-8-17/h4-14,19-21H,15H2,1-3H3,(H,30,31)/t19-,20-,21+/m0/s1. The highest BCUT2D eigenvalue weighted by molar-refractivity contribution is 6.30. The van der Waals surface area contributed by atoms with Crippen LogP contribution in [0.2, 0.25) is 5.15 Å². The van der Waals surface area contributed by atoms with Gasteiger partial charge in [0, 0.05) is 18.3 Å². The van der Waals surface area contributed by atoms with Gasteiger partial charge in [0.05, 0.1) is 19.1 Å². The average molecular weight is 480 g/mol. The molecule has 1 N–H and O–H groups in total. The van der Waals surface area contributed by atoms with Crippen LogP contribution >= 0.6 is 11.6 Å². The lowest BCUT2D eigenvalue weighted by Gasteiger charge is -2.49. The first kappa shape index (κ1) is 23.7. The molecular weight excluding hydrogens is 454 g/mol. The van der Waals surface area contributed by atoms with Crippen LogP contribution in [0.5, 0.6) is 11.5 Å². The number of esters is 1. The lowest BCUT2D eigenvalue weighted by atomic mass is 9.54. The highest BCUT2D eigenvalue weighted by Crippen LogP contribution is 2.52. The molecule has 0 radical (unpaired) electrons. The van der Waals surface area contributed by atoms with Crippen LogP contribution in [-0.2, 0) is 14.3 Å². The van der Waals surface area contributed by atoms with Crippen molar-refractivity contribution in [3.63, 3.8) is 0 Å². The van der Waals surface area contributed by atoms with Gasteiger partial charge in [0.15, 0.2) is 5.15 Å². The molecule has 2 aromatic carbocycles. The molecule has 1 amide bonds. The number of aromatic nitrogens is 2. The summed E-state index contributed by atoms with van der Waals surface area (Å²) in [7, 11) is 1.36. The van der Waals surface area contributed by atoms with Crippen molar-refractivity contribution >= 4 is 23.5 Å². The third-order valence-electron chi connectivity index (χ3n) is 6.50. The number of benzene rings is 2. The van der Waals surface area contributed by atoms with E-state index in [2.05, 4.69) is 15.3 Å². The molecule has 1 aromatic heterocycles. The normalized spacial score (nSPS) is 19.4. The molecule has 4 rings (SSSR count). The lowest BCUT2D eigenvalue weighted by Crippen LogP contribution is -2.55. The second-order valence-corrected chi connectivity index (χ2v) is 9.20. The topological polar surface area (TPSA) is 90.4 Å². The van der Waals surface area contributed by atoms with Gasteiger partial charge in [-0.15, -0.1) is 0 Å². The quantitative estimate of drug-likeness (QED) is 0.481. The summed E-state index contributed by atoms with van der Waals surface area (Å²) in [6.07, 6.45) is 3.46. The maximum absolute atomic E-state index is 13.3. The van der Waals surface area contributed by atoms with E-state index in [1.54, 1.807) is 0 Å². The van der Waals surface area contributed by atoms with Gasteiger partial charge >= 0.3 is 5.97 Å². The van der Waals surface area contributed by atoms with Gasteiger partial charge in [-0.3, -0.25) is 14.6 Å². The van der Waals surface area contributed by atoms with Gasteiger partial charge in [0.1, 0.15) is 17.2 Å². The molecule has 1 saturated carbocycles. The Morgan fingerprint density at radius 3 is 2.26 bits per heavy atom. The minimum absolute atomic E-state index is 0.179. The zero-order valence-corrected chi connectivity index (χ0v) is 20.0. The zero-order valence-electron chi connectivity index (χ0n) is 19.2. The fourth-order valence-corrected chi connectivity index (χ4v) is 4.56. The molecule has 1 aliphatic rings. The number of nitrogens with one attached hydrogen (secondary N) is 1. The summed E-state index contributed by atoms with van der Waals surface area (Å²) >= 11 is 6.35. The van der Waals surface area contributed by atoms with Crippen LogP contribution in [0, 0.1) is 17.3 Å².